The topological polar surface area (TPSA) is 50.8 Å². The number of hydrogen-bond acceptors (Lipinski definition) is 5. The second kappa shape index (κ2) is 8.45. The van der Waals surface area contributed by atoms with Crippen LogP contribution < -0.4 is 5.32 Å². The molecule has 0 amide bonds. The van der Waals surface area contributed by atoms with E-state index >= 15 is 0 Å². The summed E-state index contributed by atoms with van der Waals surface area (Å²) in [6.07, 6.45) is 3.43. The molecule has 106 valence electrons. The van der Waals surface area contributed by atoms with Gasteiger partial charge < -0.3 is 19.7 Å². The highest BCUT2D eigenvalue weighted by molar-refractivity contribution is 5.75. The summed E-state index contributed by atoms with van der Waals surface area (Å²) in [5.41, 5.74) is 0. The van der Waals surface area contributed by atoms with Crippen LogP contribution in [0.25, 0.3) is 0 Å². The number of likely N-dealkylation sites (tertiary alicyclic amines) is 1. The van der Waals surface area contributed by atoms with Gasteiger partial charge in [-0.2, -0.15) is 0 Å². The second-order valence-corrected chi connectivity index (χ2v) is 4.68. The number of rotatable bonds is 7. The Morgan fingerprint density at radius 3 is 2.94 bits per heavy atom. The Morgan fingerprint density at radius 1 is 1.56 bits per heavy atom. The molecule has 0 spiro atoms. The van der Waals surface area contributed by atoms with Gasteiger partial charge in [0, 0.05) is 20.2 Å². The number of carbonyl (C=O) groups excluding carboxylic acids is 1. The van der Waals surface area contributed by atoms with Gasteiger partial charge in [-0.15, -0.1) is 0 Å². The summed E-state index contributed by atoms with van der Waals surface area (Å²) in [5, 5.41) is 3.02. The van der Waals surface area contributed by atoms with Gasteiger partial charge in [0.15, 0.2) is 0 Å². The third kappa shape index (κ3) is 4.92. The highest BCUT2D eigenvalue weighted by atomic mass is 16.5. The third-order valence-corrected chi connectivity index (χ3v) is 3.45. The van der Waals surface area contributed by atoms with Crippen LogP contribution >= 0.6 is 0 Å². The van der Waals surface area contributed by atoms with Gasteiger partial charge in [0.2, 0.25) is 0 Å². The van der Waals surface area contributed by atoms with Crippen LogP contribution in [0.3, 0.4) is 0 Å². The van der Waals surface area contributed by atoms with E-state index in [9.17, 15) is 4.79 Å². The highest BCUT2D eigenvalue weighted by Crippen LogP contribution is 2.13. The van der Waals surface area contributed by atoms with Crippen LogP contribution in [-0.2, 0) is 14.3 Å². The molecule has 2 atom stereocenters. The number of piperidine rings is 1. The molecule has 1 heterocycles. The van der Waals surface area contributed by atoms with Crippen LogP contribution in [0.15, 0.2) is 0 Å². The van der Waals surface area contributed by atoms with Crippen LogP contribution in [0, 0.1) is 0 Å². The van der Waals surface area contributed by atoms with E-state index in [4.69, 9.17) is 9.47 Å². The number of hydrogen-bond donors (Lipinski definition) is 1. The first kappa shape index (κ1) is 15.4. The molecule has 1 N–H and O–H groups in total. The first-order valence-corrected chi connectivity index (χ1v) is 6.80. The van der Waals surface area contributed by atoms with Crippen molar-refractivity contribution in [1.29, 1.82) is 0 Å². The molecule has 0 aromatic rings. The number of nitrogens with zero attached hydrogens (tertiary/aromatic N) is 1. The SMILES string of the molecule is CCOC(=O)C(CCN1CCCC(OC)C1)NC. The summed E-state index contributed by atoms with van der Waals surface area (Å²) in [7, 11) is 3.57. The minimum Gasteiger partial charge on any atom is -0.465 e. The minimum atomic E-state index is -0.201. The van der Waals surface area contributed by atoms with Crippen molar-refractivity contribution in [3.8, 4) is 0 Å². The minimum absolute atomic E-state index is 0.152. The first-order valence-electron chi connectivity index (χ1n) is 6.80. The Labute approximate surface area is 110 Å². The zero-order chi connectivity index (χ0) is 13.4. The van der Waals surface area contributed by atoms with E-state index in [1.165, 1.54) is 6.42 Å². The lowest BCUT2D eigenvalue weighted by Gasteiger charge is -2.32. The molecule has 0 aromatic carbocycles. The molecule has 5 heteroatoms. The maximum atomic E-state index is 11.6. The van der Waals surface area contributed by atoms with Crippen molar-refractivity contribution in [2.24, 2.45) is 0 Å². The van der Waals surface area contributed by atoms with Crippen molar-refractivity contribution >= 4 is 5.97 Å². The van der Waals surface area contributed by atoms with Gasteiger partial charge in [-0.3, -0.25) is 4.79 Å². The molecule has 0 radical (unpaired) electrons. The summed E-state index contributed by atoms with van der Waals surface area (Å²) in [6.45, 7) is 5.24. The van der Waals surface area contributed by atoms with Gasteiger partial charge in [0.1, 0.15) is 6.04 Å². The molecule has 1 fully saturated rings. The van der Waals surface area contributed by atoms with E-state index < -0.39 is 0 Å². The highest BCUT2D eigenvalue weighted by Gasteiger charge is 2.22. The van der Waals surface area contributed by atoms with Gasteiger partial charge in [-0.05, 0) is 39.8 Å². The number of esters is 1. The predicted octanol–water partition coefficient (Wildman–Crippen LogP) is 0.638. The lowest BCUT2D eigenvalue weighted by atomic mass is 10.1. The fourth-order valence-electron chi connectivity index (χ4n) is 2.34. The molecular formula is C13H26N2O3. The molecule has 1 aliphatic rings. The Morgan fingerprint density at radius 2 is 2.33 bits per heavy atom. The van der Waals surface area contributed by atoms with Crippen LogP contribution in [0.5, 0.6) is 0 Å². The molecule has 18 heavy (non-hydrogen) atoms. The average Bonchev–Trinajstić information content (AvgIpc) is 2.40. The predicted molar refractivity (Wildman–Crippen MR) is 70.6 cm³/mol. The van der Waals surface area contributed by atoms with Gasteiger partial charge in [0.05, 0.1) is 12.7 Å². The largest absolute Gasteiger partial charge is 0.465 e. The van der Waals surface area contributed by atoms with Crippen LogP contribution in [-0.4, -0.2) is 63.4 Å². The van der Waals surface area contributed by atoms with Crippen molar-refractivity contribution in [3.05, 3.63) is 0 Å². The molecule has 5 nitrogen and oxygen atoms in total. The molecule has 1 saturated heterocycles. The number of likely N-dealkylation sites (N-methyl/N-ethyl adjacent to an activating group) is 1. The summed E-state index contributed by atoms with van der Waals surface area (Å²) in [5.74, 6) is -0.152. The van der Waals surface area contributed by atoms with Crippen LogP contribution in [0.1, 0.15) is 26.2 Å². The van der Waals surface area contributed by atoms with E-state index in [2.05, 4.69) is 10.2 Å². The monoisotopic (exact) mass is 258 g/mol. The average molecular weight is 258 g/mol. The fraction of sp³-hybridized carbons (Fsp3) is 0.923. The van der Waals surface area contributed by atoms with Crippen molar-refractivity contribution in [3.63, 3.8) is 0 Å². The van der Waals surface area contributed by atoms with E-state index in [1.807, 2.05) is 6.92 Å². The van der Waals surface area contributed by atoms with E-state index in [-0.39, 0.29) is 12.0 Å². The Bertz CT molecular complexity index is 248. The zero-order valence-electron chi connectivity index (χ0n) is 11.8. The number of carbonyl (C=O) groups is 1. The lowest BCUT2D eigenvalue weighted by Crippen LogP contribution is -2.43. The Kier molecular flexibility index (Phi) is 7.23. The Hall–Kier alpha value is -0.650. The summed E-state index contributed by atoms with van der Waals surface area (Å²) >= 11 is 0. The second-order valence-electron chi connectivity index (χ2n) is 4.68. The molecule has 0 saturated carbocycles. The van der Waals surface area contributed by atoms with Crippen molar-refractivity contribution in [2.75, 3.05) is 40.4 Å². The normalized spacial score (nSPS) is 22.7. The zero-order valence-corrected chi connectivity index (χ0v) is 11.8. The van der Waals surface area contributed by atoms with Crippen molar-refractivity contribution < 1.29 is 14.3 Å². The molecule has 1 rings (SSSR count). The first-order chi connectivity index (χ1) is 8.71. The molecule has 2 unspecified atom stereocenters. The van der Waals surface area contributed by atoms with Gasteiger partial charge in [0.25, 0.3) is 0 Å². The molecule has 0 bridgehead atoms. The van der Waals surface area contributed by atoms with Gasteiger partial charge in [-0.25, -0.2) is 0 Å². The molecular weight excluding hydrogens is 232 g/mol. The van der Waals surface area contributed by atoms with Crippen molar-refractivity contribution in [1.82, 2.24) is 10.2 Å². The molecule has 0 aromatic heterocycles. The quantitative estimate of drug-likeness (QED) is 0.679. The van der Waals surface area contributed by atoms with E-state index in [1.54, 1.807) is 14.2 Å². The van der Waals surface area contributed by atoms with Crippen LogP contribution in [0.2, 0.25) is 0 Å². The number of methoxy groups -OCH3 is 1. The summed E-state index contributed by atoms with van der Waals surface area (Å²) in [4.78, 5) is 14.0. The lowest BCUT2D eigenvalue weighted by molar-refractivity contribution is -0.145. The fourth-order valence-corrected chi connectivity index (χ4v) is 2.34. The number of ether oxygens (including phenoxy) is 2. The van der Waals surface area contributed by atoms with E-state index in [0.29, 0.717) is 12.7 Å². The Balaban J connectivity index is 2.31. The van der Waals surface area contributed by atoms with Gasteiger partial charge in [-0.1, -0.05) is 0 Å². The maximum Gasteiger partial charge on any atom is 0.323 e. The van der Waals surface area contributed by atoms with Gasteiger partial charge >= 0.3 is 5.97 Å². The number of nitrogens with one attached hydrogen (secondary N) is 1. The molecule has 1 aliphatic heterocycles. The smallest absolute Gasteiger partial charge is 0.323 e. The third-order valence-electron chi connectivity index (χ3n) is 3.45. The van der Waals surface area contributed by atoms with E-state index in [0.717, 1.165) is 32.5 Å². The summed E-state index contributed by atoms with van der Waals surface area (Å²) < 4.78 is 10.4. The maximum absolute atomic E-state index is 11.6. The van der Waals surface area contributed by atoms with Crippen molar-refractivity contribution in [2.45, 2.75) is 38.3 Å². The summed E-state index contributed by atoms with van der Waals surface area (Å²) in [6, 6.07) is -0.201. The molecule has 0 aliphatic carbocycles. The van der Waals surface area contributed by atoms with Crippen LogP contribution in [0.4, 0.5) is 0 Å². The standard InChI is InChI=1S/C13H26N2O3/c1-4-18-13(16)12(14-2)7-9-15-8-5-6-11(10-15)17-3/h11-12,14H,4-10H2,1-3H3.